The highest BCUT2D eigenvalue weighted by molar-refractivity contribution is 5.96. The van der Waals surface area contributed by atoms with Crippen molar-refractivity contribution in [2.24, 2.45) is 0 Å². The van der Waals surface area contributed by atoms with E-state index < -0.39 is 11.9 Å². The van der Waals surface area contributed by atoms with E-state index in [1.165, 1.54) is 18.2 Å². The predicted molar refractivity (Wildman–Crippen MR) is 74.9 cm³/mol. The van der Waals surface area contributed by atoms with Gasteiger partial charge in [-0.05, 0) is 41.8 Å². The van der Waals surface area contributed by atoms with Crippen LogP contribution < -0.4 is 5.73 Å². The number of carbonyl (C=O) groups is 2. The van der Waals surface area contributed by atoms with Crippen molar-refractivity contribution >= 4 is 17.6 Å². The number of carboxylic acid groups (broad SMARTS) is 2. The Bertz CT molecular complexity index is 646. The number of benzene rings is 2. The summed E-state index contributed by atoms with van der Waals surface area (Å²) in [4.78, 5) is 22.2. The number of aryl methyl sites for hydroxylation is 1. The minimum atomic E-state index is -1.12. The Balaban J connectivity index is 2.57. The summed E-state index contributed by atoms with van der Waals surface area (Å²) in [5.74, 6) is -2.13. The summed E-state index contributed by atoms with van der Waals surface area (Å²) >= 11 is 0. The summed E-state index contributed by atoms with van der Waals surface area (Å²) in [6.45, 7) is 1.71. The van der Waals surface area contributed by atoms with Crippen LogP contribution in [0.15, 0.2) is 36.4 Å². The highest BCUT2D eigenvalue weighted by atomic mass is 16.4. The third kappa shape index (κ3) is 2.47. The Hall–Kier alpha value is -2.82. The number of nitrogen functional groups attached to an aromatic ring is 1. The summed E-state index contributed by atoms with van der Waals surface area (Å²) in [5.41, 5.74) is 7.85. The normalized spacial score (nSPS) is 10.2. The molecule has 0 bridgehead atoms. The van der Waals surface area contributed by atoms with E-state index in [-0.39, 0.29) is 16.8 Å². The van der Waals surface area contributed by atoms with Crippen LogP contribution in [0.5, 0.6) is 0 Å². The fourth-order valence-electron chi connectivity index (χ4n) is 1.95. The Labute approximate surface area is 115 Å². The van der Waals surface area contributed by atoms with E-state index in [9.17, 15) is 9.59 Å². The summed E-state index contributed by atoms with van der Waals surface area (Å²) in [5, 5.41) is 18.2. The molecule has 2 aromatic carbocycles. The van der Waals surface area contributed by atoms with Gasteiger partial charge in [0.05, 0.1) is 11.1 Å². The molecule has 5 nitrogen and oxygen atoms in total. The first kappa shape index (κ1) is 13.6. The molecule has 4 N–H and O–H groups in total. The molecular formula is C15H13NO4. The van der Waals surface area contributed by atoms with Crippen molar-refractivity contribution in [1.29, 1.82) is 0 Å². The molecule has 5 heteroatoms. The first-order valence-corrected chi connectivity index (χ1v) is 5.87. The highest BCUT2D eigenvalue weighted by Gasteiger charge is 2.12. The van der Waals surface area contributed by atoms with Crippen molar-refractivity contribution in [2.75, 3.05) is 5.73 Å². The molecule has 0 aliphatic carbocycles. The van der Waals surface area contributed by atoms with E-state index in [2.05, 4.69) is 0 Å². The van der Waals surface area contributed by atoms with E-state index in [1.807, 2.05) is 0 Å². The van der Waals surface area contributed by atoms with Crippen LogP contribution in [0.3, 0.4) is 0 Å². The molecule has 0 fully saturated rings. The van der Waals surface area contributed by atoms with Crippen molar-refractivity contribution in [3.8, 4) is 11.1 Å². The topological polar surface area (TPSA) is 101 Å². The van der Waals surface area contributed by atoms with Gasteiger partial charge in [0.2, 0.25) is 0 Å². The highest BCUT2D eigenvalue weighted by Crippen LogP contribution is 2.26. The molecule has 0 radical (unpaired) electrons. The molecule has 2 rings (SSSR count). The Morgan fingerprint density at radius 2 is 1.40 bits per heavy atom. The lowest BCUT2D eigenvalue weighted by Crippen LogP contribution is -2.03. The van der Waals surface area contributed by atoms with Gasteiger partial charge in [0.25, 0.3) is 0 Å². The van der Waals surface area contributed by atoms with Gasteiger partial charge >= 0.3 is 11.9 Å². The number of rotatable bonds is 3. The van der Waals surface area contributed by atoms with Crippen LogP contribution in [-0.2, 0) is 0 Å². The Morgan fingerprint density at radius 3 is 1.95 bits per heavy atom. The van der Waals surface area contributed by atoms with Crippen LogP contribution in [0.4, 0.5) is 5.69 Å². The minimum absolute atomic E-state index is 0.0000463. The summed E-state index contributed by atoms with van der Waals surface area (Å²) in [6, 6.07) is 9.56. The van der Waals surface area contributed by atoms with Crippen molar-refractivity contribution in [1.82, 2.24) is 0 Å². The summed E-state index contributed by atoms with van der Waals surface area (Å²) in [6.07, 6.45) is 0. The van der Waals surface area contributed by atoms with Gasteiger partial charge < -0.3 is 15.9 Å². The molecule has 0 aliphatic heterocycles. The van der Waals surface area contributed by atoms with Crippen LogP contribution in [-0.4, -0.2) is 22.2 Å². The maximum absolute atomic E-state index is 11.1. The van der Waals surface area contributed by atoms with Crippen molar-refractivity contribution in [3.63, 3.8) is 0 Å². The van der Waals surface area contributed by atoms with Crippen LogP contribution in [0.25, 0.3) is 11.1 Å². The maximum Gasteiger partial charge on any atom is 0.337 e. The number of hydrogen-bond donors (Lipinski definition) is 3. The number of anilines is 1. The number of aromatic carboxylic acids is 2. The lowest BCUT2D eigenvalue weighted by molar-refractivity contribution is 0.0686. The van der Waals surface area contributed by atoms with Gasteiger partial charge in [-0.1, -0.05) is 18.2 Å². The van der Waals surface area contributed by atoms with Crippen molar-refractivity contribution in [3.05, 3.63) is 53.1 Å². The first-order chi connectivity index (χ1) is 9.40. The van der Waals surface area contributed by atoms with Crippen LogP contribution >= 0.6 is 0 Å². The largest absolute Gasteiger partial charge is 0.478 e. The Morgan fingerprint density at radius 1 is 0.900 bits per heavy atom. The fraction of sp³-hybridized carbons (Fsp3) is 0.0667. The summed E-state index contributed by atoms with van der Waals surface area (Å²) < 4.78 is 0. The zero-order valence-electron chi connectivity index (χ0n) is 10.8. The van der Waals surface area contributed by atoms with Gasteiger partial charge in [0, 0.05) is 5.69 Å². The molecule has 0 aromatic heterocycles. The monoisotopic (exact) mass is 271 g/mol. The van der Waals surface area contributed by atoms with E-state index in [0.717, 1.165) is 0 Å². The van der Waals surface area contributed by atoms with Crippen molar-refractivity contribution in [2.45, 2.75) is 6.92 Å². The zero-order valence-corrected chi connectivity index (χ0v) is 10.8. The fourth-order valence-corrected chi connectivity index (χ4v) is 1.95. The van der Waals surface area contributed by atoms with Gasteiger partial charge in [-0.25, -0.2) is 9.59 Å². The van der Waals surface area contributed by atoms with Crippen LogP contribution in [0.2, 0.25) is 0 Å². The third-order valence-corrected chi connectivity index (χ3v) is 3.09. The van der Waals surface area contributed by atoms with Crippen LogP contribution in [0, 0.1) is 6.92 Å². The minimum Gasteiger partial charge on any atom is -0.478 e. The van der Waals surface area contributed by atoms with E-state index >= 15 is 0 Å². The zero-order chi connectivity index (χ0) is 14.9. The molecule has 0 aliphatic rings. The number of carboxylic acids is 2. The lowest BCUT2D eigenvalue weighted by atomic mass is 9.98. The molecule has 102 valence electrons. The first-order valence-electron chi connectivity index (χ1n) is 5.87. The quantitative estimate of drug-likeness (QED) is 0.745. The number of nitrogens with two attached hydrogens (primary N) is 1. The van der Waals surface area contributed by atoms with E-state index in [4.69, 9.17) is 15.9 Å². The van der Waals surface area contributed by atoms with Gasteiger partial charge in [0.1, 0.15) is 0 Å². The average molecular weight is 271 g/mol. The molecule has 0 amide bonds. The van der Waals surface area contributed by atoms with Gasteiger partial charge in [0.15, 0.2) is 0 Å². The maximum atomic E-state index is 11.1. The second kappa shape index (κ2) is 5.05. The van der Waals surface area contributed by atoms with Crippen molar-refractivity contribution < 1.29 is 19.8 Å². The van der Waals surface area contributed by atoms with E-state index in [0.29, 0.717) is 16.7 Å². The lowest BCUT2D eigenvalue weighted by Gasteiger charge is -2.08. The molecule has 0 heterocycles. The third-order valence-electron chi connectivity index (χ3n) is 3.09. The van der Waals surface area contributed by atoms with E-state index in [1.54, 1.807) is 25.1 Å². The predicted octanol–water partition coefficient (Wildman–Crippen LogP) is 2.64. The summed E-state index contributed by atoms with van der Waals surface area (Å²) in [7, 11) is 0. The molecule has 0 atom stereocenters. The van der Waals surface area contributed by atoms with Gasteiger partial charge in [-0.15, -0.1) is 0 Å². The van der Waals surface area contributed by atoms with Crippen LogP contribution in [0.1, 0.15) is 26.3 Å². The second-order valence-electron chi connectivity index (χ2n) is 4.44. The second-order valence-corrected chi connectivity index (χ2v) is 4.44. The Kier molecular flexibility index (Phi) is 3.43. The van der Waals surface area contributed by atoms with Gasteiger partial charge in [-0.3, -0.25) is 0 Å². The molecule has 20 heavy (non-hydrogen) atoms. The molecule has 0 unspecified atom stereocenters. The van der Waals surface area contributed by atoms with Gasteiger partial charge in [-0.2, -0.15) is 0 Å². The number of hydrogen-bond acceptors (Lipinski definition) is 3. The molecule has 0 spiro atoms. The average Bonchev–Trinajstić information content (AvgIpc) is 2.39. The molecule has 0 saturated heterocycles. The molecule has 2 aromatic rings. The standard InChI is InChI=1S/C15H13NO4/c1-8-2-3-9(6-11(8)14(17)18)10-4-5-13(16)12(7-10)15(19)20/h2-7H,16H2,1H3,(H,17,18)(H,19,20). The molecular weight excluding hydrogens is 258 g/mol. The molecule has 0 saturated carbocycles. The SMILES string of the molecule is Cc1ccc(-c2ccc(N)c(C(=O)O)c2)cc1C(=O)O. The smallest absolute Gasteiger partial charge is 0.337 e.